The minimum absolute atomic E-state index is 0.165. The number of H-pyrrole nitrogens is 1. The van der Waals surface area contributed by atoms with E-state index in [0.717, 1.165) is 4.57 Å². The van der Waals surface area contributed by atoms with E-state index in [1.165, 1.54) is 37.4 Å². The molecular formula is C17H18N4O5S. The maximum atomic E-state index is 12.8. The average molecular weight is 390 g/mol. The normalized spacial score (nSPS) is 11.0. The van der Waals surface area contributed by atoms with Crippen LogP contribution in [0.4, 0.5) is 0 Å². The lowest BCUT2D eigenvalue weighted by Crippen LogP contribution is -2.37. The van der Waals surface area contributed by atoms with Crippen molar-refractivity contribution < 1.29 is 14.3 Å². The Kier molecular flexibility index (Phi) is 4.75. The SMILES string of the molecule is COc1ccc(C(=O)Cn2c(=S)[nH]c3c2c(=O)n(C)c(=O)n3C)cc1OC. The highest BCUT2D eigenvalue weighted by Gasteiger charge is 2.18. The van der Waals surface area contributed by atoms with Gasteiger partial charge in [-0.3, -0.25) is 18.7 Å². The molecule has 0 aliphatic carbocycles. The summed E-state index contributed by atoms with van der Waals surface area (Å²) in [5.74, 6) is 0.648. The first-order valence-electron chi connectivity index (χ1n) is 7.94. The van der Waals surface area contributed by atoms with Gasteiger partial charge >= 0.3 is 5.69 Å². The Hall–Kier alpha value is -3.14. The van der Waals surface area contributed by atoms with E-state index in [1.807, 2.05) is 0 Å². The molecule has 9 nitrogen and oxygen atoms in total. The first-order valence-corrected chi connectivity index (χ1v) is 8.34. The van der Waals surface area contributed by atoms with Gasteiger partial charge in [-0.2, -0.15) is 0 Å². The highest BCUT2D eigenvalue weighted by molar-refractivity contribution is 7.71. The molecule has 0 aliphatic rings. The number of nitrogens with one attached hydrogen (secondary N) is 1. The number of carbonyl (C=O) groups is 1. The van der Waals surface area contributed by atoms with Gasteiger partial charge < -0.3 is 19.0 Å². The van der Waals surface area contributed by atoms with Gasteiger partial charge in [0.25, 0.3) is 5.56 Å². The van der Waals surface area contributed by atoms with Crippen LogP contribution in [0.3, 0.4) is 0 Å². The topological polar surface area (TPSA) is 100 Å². The van der Waals surface area contributed by atoms with Gasteiger partial charge in [0, 0.05) is 19.7 Å². The summed E-state index contributed by atoms with van der Waals surface area (Å²) in [6.45, 7) is -0.165. The molecule has 27 heavy (non-hydrogen) atoms. The molecule has 0 saturated carbocycles. The number of hydrogen-bond donors (Lipinski definition) is 1. The molecule has 3 rings (SSSR count). The lowest BCUT2D eigenvalue weighted by atomic mass is 10.1. The molecule has 1 aromatic carbocycles. The van der Waals surface area contributed by atoms with Gasteiger partial charge in [0.15, 0.2) is 27.6 Å². The van der Waals surface area contributed by atoms with Crippen LogP contribution in [0, 0.1) is 4.77 Å². The lowest BCUT2D eigenvalue weighted by Gasteiger charge is -2.10. The van der Waals surface area contributed by atoms with Crippen LogP contribution in [0.2, 0.25) is 0 Å². The zero-order valence-electron chi connectivity index (χ0n) is 15.2. The molecular weight excluding hydrogens is 372 g/mol. The molecule has 0 saturated heterocycles. The molecule has 1 N–H and O–H groups in total. The van der Waals surface area contributed by atoms with Crippen molar-refractivity contribution in [3.63, 3.8) is 0 Å². The van der Waals surface area contributed by atoms with Crippen molar-refractivity contribution in [1.29, 1.82) is 0 Å². The molecule has 2 aromatic heterocycles. The average Bonchev–Trinajstić information content (AvgIpc) is 3.00. The molecule has 0 fully saturated rings. The van der Waals surface area contributed by atoms with Gasteiger partial charge in [0.05, 0.1) is 20.8 Å². The second-order valence-electron chi connectivity index (χ2n) is 5.91. The fourth-order valence-electron chi connectivity index (χ4n) is 2.88. The number of aromatic amines is 1. The molecule has 0 aliphatic heterocycles. The van der Waals surface area contributed by atoms with Gasteiger partial charge in [-0.1, -0.05) is 0 Å². The molecule has 0 unspecified atom stereocenters. The molecule has 3 aromatic rings. The Balaban J connectivity index is 2.11. The molecule has 0 radical (unpaired) electrons. The molecule has 0 amide bonds. The van der Waals surface area contributed by atoms with Crippen LogP contribution >= 0.6 is 12.2 Å². The number of fused-ring (bicyclic) bond motifs is 1. The smallest absolute Gasteiger partial charge is 0.332 e. The summed E-state index contributed by atoms with van der Waals surface area (Å²) < 4.78 is 14.2. The summed E-state index contributed by atoms with van der Waals surface area (Å²) in [6.07, 6.45) is 0. The fraction of sp³-hybridized carbons (Fsp3) is 0.294. The van der Waals surface area contributed by atoms with Crippen LogP contribution in [0.1, 0.15) is 10.4 Å². The minimum Gasteiger partial charge on any atom is -0.493 e. The van der Waals surface area contributed by atoms with Crippen molar-refractivity contribution in [2.45, 2.75) is 6.54 Å². The Labute approximate surface area is 158 Å². The van der Waals surface area contributed by atoms with Crippen molar-refractivity contribution in [3.8, 4) is 11.5 Å². The third-order valence-corrected chi connectivity index (χ3v) is 4.71. The third-order valence-electron chi connectivity index (χ3n) is 4.39. The highest BCUT2D eigenvalue weighted by atomic mass is 32.1. The number of aryl methyl sites for hydroxylation is 1. The molecule has 0 atom stereocenters. The van der Waals surface area contributed by atoms with E-state index in [9.17, 15) is 14.4 Å². The quantitative estimate of drug-likeness (QED) is 0.515. The van der Waals surface area contributed by atoms with Crippen molar-refractivity contribution in [1.82, 2.24) is 18.7 Å². The number of aromatic nitrogens is 4. The Morgan fingerprint density at radius 1 is 1.11 bits per heavy atom. The van der Waals surface area contributed by atoms with Crippen LogP contribution in [-0.4, -0.2) is 38.7 Å². The largest absolute Gasteiger partial charge is 0.493 e. The summed E-state index contributed by atoms with van der Waals surface area (Å²) in [5.41, 5.74) is -0.195. The van der Waals surface area contributed by atoms with Crippen molar-refractivity contribution in [2.24, 2.45) is 14.1 Å². The number of carbonyl (C=O) groups excluding carboxylic acids is 1. The number of imidazole rings is 1. The number of rotatable bonds is 5. The third kappa shape index (κ3) is 2.97. The van der Waals surface area contributed by atoms with Crippen LogP contribution in [-0.2, 0) is 20.6 Å². The van der Waals surface area contributed by atoms with E-state index < -0.39 is 11.2 Å². The number of nitrogens with zero attached hydrogens (tertiary/aromatic N) is 3. The van der Waals surface area contributed by atoms with E-state index in [2.05, 4.69) is 4.98 Å². The Morgan fingerprint density at radius 2 is 1.78 bits per heavy atom. The minimum atomic E-state index is -0.527. The van der Waals surface area contributed by atoms with Gasteiger partial charge in [-0.15, -0.1) is 0 Å². The summed E-state index contributed by atoms with van der Waals surface area (Å²) >= 11 is 5.26. The first kappa shape index (κ1) is 18.6. The van der Waals surface area contributed by atoms with Crippen LogP contribution in [0.25, 0.3) is 11.2 Å². The van der Waals surface area contributed by atoms with Crippen molar-refractivity contribution >= 4 is 29.2 Å². The second-order valence-corrected chi connectivity index (χ2v) is 6.30. The van der Waals surface area contributed by atoms with Crippen LogP contribution in [0.5, 0.6) is 11.5 Å². The van der Waals surface area contributed by atoms with Crippen LogP contribution < -0.4 is 20.7 Å². The maximum absolute atomic E-state index is 12.8. The summed E-state index contributed by atoms with van der Waals surface area (Å²) in [4.78, 5) is 40.2. The summed E-state index contributed by atoms with van der Waals surface area (Å²) in [5, 5.41) is 0. The van der Waals surface area contributed by atoms with E-state index in [1.54, 1.807) is 18.2 Å². The Morgan fingerprint density at radius 3 is 2.41 bits per heavy atom. The molecule has 10 heteroatoms. The molecule has 0 bridgehead atoms. The van der Waals surface area contributed by atoms with Gasteiger partial charge in [0.1, 0.15) is 5.65 Å². The van der Waals surface area contributed by atoms with E-state index in [-0.39, 0.29) is 28.3 Å². The second kappa shape index (κ2) is 6.88. The molecule has 142 valence electrons. The number of benzene rings is 1. The van der Waals surface area contributed by atoms with E-state index >= 15 is 0 Å². The predicted octanol–water partition coefficient (Wildman–Crippen LogP) is 0.996. The molecule has 2 heterocycles. The first-order chi connectivity index (χ1) is 12.8. The van der Waals surface area contributed by atoms with Gasteiger partial charge in [0.2, 0.25) is 0 Å². The van der Waals surface area contributed by atoms with Crippen LogP contribution in [0.15, 0.2) is 27.8 Å². The zero-order chi connectivity index (χ0) is 19.9. The fourth-order valence-corrected chi connectivity index (χ4v) is 3.13. The maximum Gasteiger partial charge on any atom is 0.332 e. The van der Waals surface area contributed by atoms with E-state index in [4.69, 9.17) is 21.7 Å². The van der Waals surface area contributed by atoms with Gasteiger partial charge in [-0.05, 0) is 30.4 Å². The highest BCUT2D eigenvalue weighted by Crippen LogP contribution is 2.28. The molecule has 0 spiro atoms. The van der Waals surface area contributed by atoms with E-state index in [0.29, 0.717) is 17.1 Å². The van der Waals surface area contributed by atoms with Crippen molar-refractivity contribution in [3.05, 3.63) is 49.4 Å². The number of methoxy groups -OCH3 is 2. The van der Waals surface area contributed by atoms with Crippen molar-refractivity contribution in [2.75, 3.05) is 14.2 Å². The standard InChI is InChI=1S/C17H18N4O5S/c1-19-14-13(15(23)20(2)17(19)24)21(16(27)18-14)8-10(22)9-5-6-11(25-3)12(7-9)26-4/h5-7H,8H2,1-4H3,(H,18,27). The number of ketones is 1. The number of hydrogen-bond acceptors (Lipinski definition) is 6. The summed E-state index contributed by atoms with van der Waals surface area (Å²) in [7, 11) is 5.88. The predicted molar refractivity (Wildman–Crippen MR) is 101 cm³/mol. The number of ether oxygens (including phenoxy) is 2. The van der Waals surface area contributed by atoms with Gasteiger partial charge in [-0.25, -0.2) is 4.79 Å². The Bertz CT molecular complexity index is 1230. The number of Topliss-reactive ketones (excluding diaryl/α,β-unsaturated/α-hetero) is 1. The zero-order valence-corrected chi connectivity index (χ0v) is 16.0. The monoisotopic (exact) mass is 390 g/mol. The summed E-state index contributed by atoms with van der Waals surface area (Å²) in [6, 6.07) is 4.80. The lowest BCUT2D eigenvalue weighted by molar-refractivity contribution is 0.0972.